The van der Waals surface area contributed by atoms with Crippen LogP contribution in [-0.4, -0.2) is 41.7 Å². The summed E-state index contributed by atoms with van der Waals surface area (Å²) in [4.78, 5) is 0. The van der Waals surface area contributed by atoms with E-state index in [1.165, 1.54) is 0 Å². The SMILES string of the molecule is CCC(C)O.CCC(C)O.CCC(C)O.C[Si](C)(C)[c-]1cccc1.[Hf]. The van der Waals surface area contributed by atoms with E-state index in [9.17, 15) is 0 Å². The van der Waals surface area contributed by atoms with E-state index in [0.29, 0.717) is 0 Å². The van der Waals surface area contributed by atoms with Crippen molar-refractivity contribution in [2.75, 3.05) is 0 Å². The van der Waals surface area contributed by atoms with E-state index in [4.69, 9.17) is 15.3 Å². The molecular weight excluding hydrogens is 495 g/mol. The molecule has 5 heteroatoms. The van der Waals surface area contributed by atoms with Crippen LogP contribution in [0.2, 0.25) is 19.6 Å². The number of aliphatic hydroxyl groups excluding tert-OH is 3. The first-order chi connectivity index (χ1) is 10.9. The Kier molecular flexibility index (Phi) is 27.2. The molecule has 1 aromatic carbocycles. The smallest absolute Gasteiger partial charge is 0.0509 e. The molecule has 0 spiro atoms. The second-order valence-electron chi connectivity index (χ2n) is 7.20. The summed E-state index contributed by atoms with van der Waals surface area (Å²) in [5.74, 6) is 0. The van der Waals surface area contributed by atoms with E-state index < -0.39 is 8.07 Å². The monoisotopic (exact) mass is 539 g/mol. The molecule has 0 aliphatic heterocycles. The quantitative estimate of drug-likeness (QED) is 0.397. The number of aliphatic hydroxyl groups is 3. The molecule has 1 aromatic rings. The molecule has 0 radical (unpaired) electrons. The van der Waals surface area contributed by atoms with Crippen molar-refractivity contribution < 1.29 is 41.2 Å². The van der Waals surface area contributed by atoms with Crippen LogP contribution < -0.4 is 5.19 Å². The Labute approximate surface area is 177 Å². The molecule has 0 amide bonds. The van der Waals surface area contributed by atoms with Crippen LogP contribution in [0.1, 0.15) is 60.8 Å². The standard InChI is InChI=1S/C8H13Si.3C4H10O.Hf/c1-9(2,3)8-6-4-5-7-8;3*1-3-4(2)5;/h4-7H,1-3H3;3*4-5H,3H2,1-2H3;/q-1;;;;. The third kappa shape index (κ3) is 32.5. The van der Waals surface area contributed by atoms with Gasteiger partial charge in [0.1, 0.15) is 0 Å². The summed E-state index contributed by atoms with van der Waals surface area (Å²) in [6, 6.07) is 8.69. The molecule has 3 unspecified atom stereocenters. The van der Waals surface area contributed by atoms with Crippen LogP contribution >= 0.6 is 0 Å². The van der Waals surface area contributed by atoms with Crippen molar-refractivity contribution in [3.8, 4) is 0 Å². The summed E-state index contributed by atoms with van der Waals surface area (Å²) in [5, 5.41) is 26.6. The zero-order chi connectivity index (χ0) is 19.8. The van der Waals surface area contributed by atoms with Crippen molar-refractivity contribution in [1.29, 1.82) is 0 Å². The maximum atomic E-state index is 8.36. The van der Waals surface area contributed by atoms with Crippen molar-refractivity contribution in [2.24, 2.45) is 0 Å². The van der Waals surface area contributed by atoms with Gasteiger partial charge in [0, 0.05) is 33.9 Å². The summed E-state index contributed by atoms with van der Waals surface area (Å²) in [5.41, 5.74) is 0. The van der Waals surface area contributed by atoms with Crippen LogP contribution in [0.3, 0.4) is 0 Å². The summed E-state index contributed by atoms with van der Waals surface area (Å²) >= 11 is 0. The molecule has 3 atom stereocenters. The molecule has 0 saturated carbocycles. The minimum Gasteiger partial charge on any atom is -0.393 e. The van der Waals surface area contributed by atoms with Gasteiger partial charge in [-0.3, -0.25) is 0 Å². The summed E-state index contributed by atoms with van der Waals surface area (Å²) < 4.78 is 0. The third-order valence-electron chi connectivity index (χ3n) is 3.30. The molecule has 0 fully saturated rings. The topological polar surface area (TPSA) is 60.7 Å². The van der Waals surface area contributed by atoms with Crippen molar-refractivity contribution in [3.63, 3.8) is 0 Å². The second-order valence-corrected chi connectivity index (χ2v) is 12.3. The van der Waals surface area contributed by atoms with Gasteiger partial charge >= 0.3 is 0 Å². The average molecular weight is 538 g/mol. The van der Waals surface area contributed by atoms with E-state index in [2.05, 4.69) is 43.9 Å². The van der Waals surface area contributed by atoms with Gasteiger partial charge in [-0.2, -0.15) is 17.3 Å². The van der Waals surface area contributed by atoms with Crippen LogP contribution in [-0.2, 0) is 25.8 Å². The zero-order valence-corrected chi connectivity index (χ0v) is 22.6. The minimum atomic E-state index is -0.981. The van der Waals surface area contributed by atoms with Gasteiger partial charge in [0.15, 0.2) is 0 Å². The molecule has 25 heavy (non-hydrogen) atoms. The maximum Gasteiger partial charge on any atom is 0.0509 e. The maximum absolute atomic E-state index is 8.36. The molecule has 3 N–H and O–H groups in total. The molecule has 0 aliphatic rings. The molecule has 0 aromatic heterocycles. The van der Waals surface area contributed by atoms with Gasteiger partial charge in [0.25, 0.3) is 0 Å². The van der Waals surface area contributed by atoms with Gasteiger partial charge < -0.3 is 15.3 Å². The third-order valence-corrected chi connectivity index (χ3v) is 5.37. The van der Waals surface area contributed by atoms with E-state index in [1.54, 1.807) is 26.0 Å². The molecule has 1 rings (SSSR count). The van der Waals surface area contributed by atoms with Gasteiger partial charge in [0.2, 0.25) is 0 Å². The molecule has 0 heterocycles. The van der Waals surface area contributed by atoms with Gasteiger partial charge in [-0.15, -0.1) is 0 Å². The van der Waals surface area contributed by atoms with Crippen LogP contribution in [0.15, 0.2) is 24.3 Å². The van der Waals surface area contributed by atoms with Crippen molar-refractivity contribution in [2.45, 2.75) is 98.8 Å². The first kappa shape index (κ1) is 32.9. The zero-order valence-electron chi connectivity index (χ0n) is 18.0. The van der Waals surface area contributed by atoms with Gasteiger partial charge in [0.05, 0.1) is 18.3 Å². The van der Waals surface area contributed by atoms with Gasteiger partial charge in [-0.05, 0) is 40.0 Å². The molecular formula is C20H43HfO3Si-. The first-order valence-electron chi connectivity index (χ1n) is 9.18. The Morgan fingerprint density at radius 2 is 0.920 bits per heavy atom. The van der Waals surface area contributed by atoms with E-state index in [1.807, 2.05) is 20.8 Å². The summed E-state index contributed by atoms with van der Waals surface area (Å²) in [7, 11) is -0.981. The second kappa shape index (κ2) is 20.6. The predicted octanol–water partition coefficient (Wildman–Crippen LogP) is 4.28. The van der Waals surface area contributed by atoms with E-state index in [-0.39, 0.29) is 44.2 Å². The van der Waals surface area contributed by atoms with Crippen molar-refractivity contribution in [1.82, 2.24) is 0 Å². The Morgan fingerprint density at radius 3 is 1.00 bits per heavy atom. The normalized spacial score (nSPS) is 13.3. The van der Waals surface area contributed by atoms with Crippen molar-refractivity contribution in [3.05, 3.63) is 24.3 Å². The molecule has 3 nitrogen and oxygen atoms in total. The van der Waals surface area contributed by atoms with Crippen LogP contribution in [0.5, 0.6) is 0 Å². The van der Waals surface area contributed by atoms with Crippen molar-refractivity contribution >= 4 is 13.3 Å². The Hall–Kier alpha value is 0.317. The van der Waals surface area contributed by atoms with E-state index in [0.717, 1.165) is 19.3 Å². The van der Waals surface area contributed by atoms with E-state index >= 15 is 0 Å². The summed E-state index contributed by atoms with van der Waals surface area (Å²) in [6.07, 6.45) is 2.24. The Balaban J connectivity index is -0.000000122. The number of hydrogen-bond donors (Lipinski definition) is 3. The largest absolute Gasteiger partial charge is 0.393 e. The Morgan fingerprint density at radius 1 is 0.720 bits per heavy atom. The average Bonchev–Trinajstić information content (AvgIpc) is 3.03. The molecule has 0 bridgehead atoms. The van der Waals surface area contributed by atoms with Gasteiger partial charge in [-0.25, -0.2) is 12.1 Å². The predicted molar refractivity (Wildman–Crippen MR) is 111 cm³/mol. The molecule has 0 aliphatic carbocycles. The van der Waals surface area contributed by atoms with Crippen LogP contribution in [0.25, 0.3) is 0 Å². The van der Waals surface area contributed by atoms with Crippen LogP contribution in [0, 0.1) is 0 Å². The molecule has 0 saturated heterocycles. The number of hydrogen-bond acceptors (Lipinski definition) is 3. The van der Waals surface area contributed by atoms with Crippen LogP contribution in [0.4, 0.5) is 0 Å². The molecule has 150 valence electrons. The van der Waals surface area contributed by atoms with Gasteiger partial charge in [-0.1, -0.05) is 40.4 Å². The number of rotatable bonds is 4. The fraction of sp³-hybridized carbons (Fsp3) is 0.750. The fourth-order valence-electron chi connectivity index (χ4n) is 0.874. The summed E-state index contributed by atoms with van der Waals surface area (Å²) in [6.45, 7) is 18.3. The fourth-order valence-corrected chi connectivity index (χ4v) is 2.07. The first-order valence-corrected chi connectivity index (χ1v) is 12.7. The Bertz CT molecular complexity index is 312. The minimum absolute atomic E-state index is 0.